The maximum atomic E-state index is 12.9. The number of carbonyl (C=O) groups excluding carboxylic acids is 2. The van der Waals surface area contributed by atoms with Gasteiger partial charge in [0.2, 0.25) is 0 Å². The molecule has 28 heavy (non-hydrogen) atoms. The molecule has 3 amide bonds. The van der Waals surface area contributed by atoms with E-state index in [9.17, 15) is 9.59 Å². The third-order valence-corrected chi connectivity index (χ3v) is 6.06. The molecule has 1 atom stereocenters. The van der Waals surface area contributed by atoms with Crippen molar-refractivity contribution in [3.8, 4) is 0 Å². The molecule has 3 rings (SSSR count). The maximum absolute atomic E-state index is 12.9. The van der Waals surface area contributed by atoms with Crippen molar-refractivity contribution in [2.45, 2.75) is 25.8 Å². The predicted molar refractivity (Wildman–Crippen MR) is 114 cm³/mol. The number of aryl methyl sites for hydroxylation is 1. The molecule has 0 bridgehead atoms. The number of amides is 3. The normalized spacial score (nSPS) is 14.9. The van der Waals surface area contributed by atoms with Crippen molar-refractivity contribution in [3.63, 3.8) is 0 Å². The fourth-order valence-corrected chi connectivity index (χ4v) is 4.39. The summed E-state index contributed by atoms with van der Waals surface area (Å²) in [6.45, 7) is 3.96. The van der Waals surface area contributed by atoms with E-state index in [2.05, 4.69) is 21.6 Å². The van der Waals surface area contributed by atoms with E-state index >= 15 is 0 Å². The van der Waals surface area contributed by atoms with Crippen LogP contribution in [0.3, 0.4) is 0 Å². The number of rotatable bonds is 6. The summed E-state index contributed by atoms with van der Waals surface area (Å²) in [7, 11) is 4.00. The molecule has 1 unspecified atom stereocenters. The molecule has 0 spiro atoms. The first-order chi connectivity index (χ1) is 13.5. The van der Waals surface area contributed by atoms with E-state index in [0.717, 1.165) is 31.5 Å². The first-order valence-electron chi connectivity index (χ1n) is 9.61. The Kier molecular flexibility index (Phi) is 6.70. The van der Waals surface area contributed by atoms with Gasteiger partial charge < -0.3 is 20.4 Å². The van der Waals surface area contributed by atoms with Crippen LogP contribution in [0.15, 0.2) is 35.7 Å². The van der Waals surface area contributed by atoms with Crippen LogP contribution >= 0.6 is 11.3 Å². The number of para-hydroxylation sites is 1. The number of likely N-dealkylation sites (N-methyl/N-ethyl adjacent to an activating group) is 1. The SMILES string of the molecule is Cc1cccc(C(=O)N2CCCC2)c1NC(=O)NCC(c1cccs1)N(C)C. The summed E-state index contributed by atoms with van der Waals surface area (Å²) < 4.78 is 0. The van der Waals surface area contributed by atoms with E-state index < -0.39 is 0 Å². The van der Waals surface area contributed by atoms with Crippen LogP contribution in [0, 0.1) is 6.92 Å². The first kappa shape index (κ1) is 20.4. The van der Waals surface area contributed by atoms with E-state index in [0.29, 0.717) is 17.8 Å². The van der Waals surface area contributed by atoms with Gasteiger partial charge in [0.1, 0.15) is 0 Å². The van der Waals surface area contributed by atoms with Gasteiger partial charge in [0.05, 0.1) is 17.3 Å². The molecule has 0 radical (unpaired) electrons. The molecule has 1 fully saturated rings. The number of hydrogen-bond donors (Lipinski definition) is 2. The second kappa shape index (κ2) is 9.21. The maximum Gasteiger partial charge on any atom is 0.319 e. The summed E-state index contributed by atoms with van der Waals surface area (Å²) in [4.78, 5) is 30.6. The van der Waals surface area contributed by atoms with Crippen molar-refractivity contribution in [3.05, 3.63) is 51.7 Å². The Morgan fingerprint density at radius 2 is 1.93 bits per heavy atom. The van der Waals surface area contributed by atoms with Gasteiger partial charge in [-0.3, -0.25) is 4.79 Å². The highest BCUT2D eigenvalue weighted by Gasteiger charge is 2.23. The Morgan fingerprint density at radius 3 is 2.57 bits per heavy atom. The van der Waals surface area contributed by atoms with E-state index in [4.69, 9.17) is 0 Å². The van der Waals surface area contributed by atoms with E-state index in [-0.39, 0.29) is 18.0 Å². The van der Waals surface area contributed by atoms with E-state index in [1.165, 1.54) is 4.88 Å². The molecule has 0 aliphatic carbocycles. The Balaban J connectivity index is 1.69. The van der Waals surface area contributed by atoms with Gasteiger partial charge in [-0.25, -0.2) is 4.79 Å². The standard InChI is InChI=1S/C21H28N4O2S/c1-15-8-6-9-16(20(26)25-11-4-5-12-25)19(15)23-21(27)22-14-17(24(2)3)18-10-7-13-28-18/h6-10,13,17H,4-5,11-12,14H2,1-3H3,(H2,22,23,27). The lowest BCUT2D eigenvalue weighted by molar-refractivity contribution is 0.0794. The van der Waals surface area contributed by atoms with Gasteiger partial charge in [-0.15, -0.1) is 11.3 Å². The summed E-state index contributed by atoms with van der Waals surface area (Å²) in [6, 6.07) is 9.45. The molecule has 1 aliphatic heterocycles. The summed E-state index contributed by atoms with van der Waals surface area (Å²) in [5.74, 6) is -0.0127. The lowest BCUT2D eigenvalue weighted by Gasteiger charge is -2.24. The van der Waals surface area contributed by atoms with E-state index in [1.54, 1.807) is 17.4 Å². The number of nitrogens with one attached hydrogen (secondary N) is 2. The summed E-state index contributed by atoms with van der Waals surface area (Å²) >= 11 is 1.67. The van der Waals surface area contributed by atoms with Gasteiger partial charge in [-0.2, -0.15) is 0 Å². The van der Waals surface area contributed by atoms with Crippen molar-refractivity contribution >= 4 is 29.0 Å². The minimum Gasteiger partial charge on any atom is -0.339 e. The number of thiophene rings is 1. The van der Waals surface area contributed by atoms with Gasteiger partial charge in [-0.05, 0) is 56.9 Å². The molecule has 1 saturated heterocycles. The number of urea groups is 1. The lowest BCUT2D eigenvalue weighted by Crippen LogP contribution is -2.37. The van der Waals surface area contributed by atoms with Crippen molar-refractivity contribution < 1.29 is 9.59 Å². The Labute approximate surface area is 170 Å². The van der Waals surface area contributed by atoms with Gasteiger partial charge >= 0.3 is 6.03 Å². The van der Waals surface area contributed by atoms with Crippen LogP contribution in [0.4, 0.5) is 10.5 Å². The van der Waals surface area contributed by atoms with Crippen molar-refractivity contribution in [2.24, 2.45) is 0 Å². The molecule has 7 heteroatoms. The third kappa shape index (κ3) is 4.72. The van der Waals surface area contributed by atoms with E-state index in [1.807, 2.05) is 49.5 Å². The Bertz CT molecular complexity index is 814. The molecule has 0 saturated carbocycles. The van der Waals surface area contributed by atoms with Crippen LogP contribution in [0.2, 0.25) is 0 Å². The quantitative estimate of drug-likeness (QED) is 0.777. The Hall–Kier alpha value is -2.38. The smallest absolute Gasteiger partial charge is 0.319 e. The molecule has 2 aromatic rings. The van der Waals surface area contributed by atoms with Gasteiger partial charge in [0.25, 0.3) is 5.91 Å². The minimum absolute atomic E-state index is 0.0127. The fourth-order valence-electron chi connectivity index (χ4n) is 3.47. The molecule has 1 aliphatic rings. The summed E-state index contributed by atoms with van der Waals surface area (Å²) in [5, 5.41) is 7.90. The molecule has 2 heterocycles. The molecular formula is C21H28N4O2S. The number of nitrogens with zero attached hydrogens (tertiary/aromatic N) is 2. The van der Waals surface area contributed by atoms with Crippen molar-refractivity contribution in [1.82, 2.24) is 15.1 Å². The van der Waals surface area contributed by atoms with Crippen LogP contribution in [-0.4, -0.2) is 55.5 Å². The summed E-state index contributed by atoms with van der Waals surface area (Å²) in [5.41, 5.74) is 2.02. The number of hydrogen-bond acceptors (Lipinski definition) is 4. The van der Waals surface area contributed by atoms with Gasteiger partial charge in [0, 0.05) is 24.5 Å². The zero-order valence-electron chi connectivity index (χ0n) is 16.7. The highest BCUT2D eigenvalue weighted by molar-refractivity contribution is 7.10. The van der Waals surface area contributed by atoms with Crippen LogP contribution in [-0.2, 0) is 0 Å². The zero-order valence-corrected chi connectivity index (χ0v) is 17.5. The van der Waals surface area contributed by atoms with Crippen LogP contribution in [0.1, 0.15) is 39.7 Å². The van der Waals surface area contributed by atoms with Crippen LogP contribution in [0.25, 0.3) is 0 Å². The molecule has 2 N–H and O–H groups in total. The monoisotopic (exact) mass is 400 g/mol. The Morgan fingerprint density at radius 1 is 1.18 bits per heavy atom. The number of anilines is 1. The predicted octanol–water partition coefficient (Wildman–Crippen LogP) is 3.72. The topological polar surface area (TPSA) is 64.7 Å². The largest absolute Gasteiger partial charge is 0.339 e. The van der Waals surface area contributed by atoms with Crippen LogP contribution in [0.5, 0.6) is 0 Å². The zero-order chi connectivity index (χ0) is 20.1. The number of likely N-dealkylation sites (tertiary alicyclic amines) is 1. The summed E-state index contributed by atoms with van der Waals surface area (Å²) in [6.07, 6.45) is 2.07. The second-order valence-corrected chi connectivity index (χ2v) is 8.31. The van der Waals surface area contributed by atoms with Crippen molar-refractivity contribution in [1.29, 1.82) is 0 Å². The first-order valence-corrected chi connectivity index (χ1v) is 10.5. The molecule has 1 aromatic carbocycles. The van der Waals surface area contributed by atoms with Crippen molar-refractivity contribution in [2.75, 3.05) is 39.0 Å². The molecule has 1 aromatic heterocycles. The van der Waals surface area contributed by atoms with Gasteiger partial charge in [0.15, 0.2) is 0 Å². The number of carbonyl (C=O) groups is 2. The molecule has 150 valence electrons. The lowest BCUT2D eigenvalue weighted by atomic mass is 10.1. The van der Waals surface area contributed by atoms with Gasteiger partial charge in [-0.1, -0.05) is 18.2 Å². The highest BCUT2D eigenvalue weighted by atomic mass is 32.1. The van der Waals surface area contributed by atoms with Crippen LogP contribution < -0.4 is 10.6 Å². The third-order valence-electron chi connectivity index (χ3n) is 5.09. The average molecular weight is 401 g/mol. The highest BCUT2D eigenvalue weighted by Crippen LogP contribution is 2.25. The molecule has 6 nitrogen and oxygen atoms in total. The fraction of sp³-hybridized carbons (Fsp3) is 0.429. The average Bonchev–Trinajstić information content (AvgIpc) is 3.36. The minimum atomic E-state index is -0.298. The number of benzene rings is 1. The second-order valence-electron chi connectivity index (χ2n) is 7.33. The molecular weight excluding hydrogens is 372 g/mol.